The second-order valence-corrected chi connectivity index (χ2v) is 11.5. The molecular formula is C28H22ClF3N6O4S. The predicted molar refractivity (Wildman–Crippen MR) is 154 cm³/mol. The molecule has 0 spiro atoms. The second-order valence-electron chi connectivity index (χ2n) is 9.55. The van der Waals surface area contributed by atoms with Gasteiger partial charge >= 0.3 is 0 Å². The molecule has 2 aromatic carbocycles. The lowest BCUT2D eigenvalue weighted by Crippen LogP contribution is -2.48. The van der Waals surface area contributed by atoms with Gasteiger partial charge in [0.05, 0.1) is 11.2 Å². The first kappa shape index (κ1) is 29.9. The number of carbonyl (C=O) groups is 2. The van der Waals surface area contributed by atoms with Gasteiger partial charge in [-0.15, -0.1) is 0 Å². The Kier molecular flexibility index (Phi) is 8.33. The van der Waals surface area contributed by atoms with E-state index in [0.29, 0.717) is 54.0 Å². The van der Waals surface area contributed by atoms with Gasteiger partial charge in [0, 0.05) is 61.5 Å². The number of nitrogens with zero attached hydrogens (tertiary/aromatic N) is 5. The fourth-order valence-electron chi connectivity index (χ4n) is 4.57. The largest absolute Gasteiger partial charge is 0.352 e. The van der Waals surface area contributed by atoms with Crippen LogP contribution in [0.25, 0.3) is 22.0 Å². The van der Waals surface area contributed by atoms with Crippen LogP contribution in [0.2, 0.25) is 5.15 Å². The molecule has 0 aliphatic carbocycles. The van der Waals surface area contributed by atoms with E-state index in [4.69, 9.17) is 11.6 Å². The fourth-order valence-corrected chi connectivity index (χ4v) is 5.95. The number of hydrogen-bond donors (Lipinski definition) is 1. The molecule has 5 rings (SSSR count). The van der Waals surface area contributed by atoms with E-state index in [9.17, 15) is 31.2 Å². The number of pyridine rings is 1. The van der Waals surface area contributed by atoms with E-state index in [1.165, 1.54) is 37.7 Å². The van der Waals surface area contributed by atoms with Gasteiger partial charge in [-0.3, -0.25) is 14.3 Å². The molecule has 4 aromatic rings. The van der Waals surface area contributed by atoms with Crippen molar-refractivity contribution in [2.75, 3.05) is 35.8 Å². The summed E-state index contributed by atoms with van der Waals surface area (Å²) >= 11 is 6.11. The first-order chi connectivity index (χ1) is 20.4. The third kappa shape index (κ3) is 6.44. The Morgan fingerprint density at radius 3 is 2.30 bits per heavy atom. The van der Waals surface area contributed by atoms with Crippen molar-refractivity contribution in [1.29, 1.82) is 0 Å². The summed E-state index contributed by atoms with van der Waals surface area (Å²) in [5, 5.41) is 0.384. The SMILES string of the molecule is CC(=O)/C=C/C(=O)N1CCN(c2ncnc3ccc(-c4cnc(Cl)c(NS(=O)(=O)c5c(F)cc(F)cc5F)c4)cc23)CC1. The Bertz CT molecular complexity index is 1880. The number of aromatic nitrogens is 3. The standard InChI is InChI=1S/C28H22ClF3N6O4S/c1-16(39)2-5-25(40)37-6-8-38(9-7-37)28-20-10-17(3-4-23(20)34-15-35-28)18-11-24(27(29)33-14-18)36-43(41,42)26-21(31)12-19(30)13-22(26)32/h2-5,10-15,36H,6-9H2,1H3/b5-2+. The molecule has 1 fully saturated rings. The van der Waals surface area contributed by atoms with Gasteiger partial charge in [0.1, 0.15) is 29.6 Å². The van der Waals surface area contributed by atoms with Gasteiger partial charge in [-0.25, -0.2) is 36.5 Å². The van der Waals surface area contributed by atoms with E-state index in [1.807, 2.05) is 9.62 Å². The van der Waals surface area contributed by atoms with Crippen LogP contribution in [0, 0.1) is 17.5 Å². The summed E-state index contributed by atoms with van der Waals surface area (Å²) in [4.78, 5) is 38.6. The number of ketones is 1. The van der Waals surface area contributed by atoms with Crippen molar-refractivity contribution >= 4 is 55.7 Å². The summed E-state index contributed by atoms with van der Waals surface area (Å²) in [6, 6.07) is 7.09. The van der Waals surface area contributed by atoms with Crippen molar-refractivity contribution in [2.45, 2.75) is 11.8 Å². The minimum absolute atomic E-state index is 0.216. The number of piperazine rings is 1. The molecule has 15 heteroatoms. The maximum Gasteiger partial charge on any atom is 0.267 e. The molecular weight excluding hydrogens is 609 g/mol. The van der Waals surface area contributed by atoms with Crippen LogP contribution in [0.3, 0.4) is 0 Å². The van der Waals surface area contributed by atoms with Crippen LogP contribution in [0.15, 0.2) is 66.0 Å². The maximum absolute atomic E-state index is 14.2. The first-order valence-corrected chi connectivity index (χ1v) is 14.6. The number of nitrogens with one attached hydrogen (secondary N) is 1. The number of anilines is 2. The Morgan fingerprint density at radius 1 is 0.930 bits per heavy atom. The average Bonchev–Trinajstić information content (AvgIpc) is 2.95. The molecule has 43 heavy (non-hydrogen) atoms. The van der Waals surface area contributed by atoms with Gasteiger partial charge < -0.3 is 9.80 Å². The lowest BCUT2D eigenvalue weighted by Gasteiger charge is -2.35. The smallest absolute Gasteiger partial charge is 0.267 e. The molecule has 3 heterocycles. The number of amides is 1. The monoisotopic (exact) mass is 630 g/mol. The quantitative estimate of drug-likeness (QED) is 0.236. The zero-order chi connectivity index (χ0) is 30.9. The van der Waals surface area contributed by atoms with Crippen LogP contribution in [0.1, 0.15) is 6.92 Å². The molecule has 10 nitrogen and oxygen atoms in total. The Hall–Kier alpha value is -4.56. The summed E-state index contributed by atoms with van der Waals surface area (Å²) in [5.74, 6) is -4.34. The van der Waals surface area contributed by atoms with Gasteiger partial charge in [-0.1, -0.05) is 17.7 Å². The van der Waals surface area contributed by atoms with Gasteiger partial charge in [-0.05, 0) is 36.8 Å². The van der Waals surface area contributed by atoms with E-state index in [2.05, 4.69) is 15.0 Å². The third-order valence-corrected chi connectivity index (χ3v) is 8.33. The third-order valence-electron chi connectivity index (χ3n) is 6.61. The number of halogens is 4. The van der Waals surface area contributed by atoms with Gasteiger partial charge in [0.15, 0.2) is 15.8 Å². The van der Waals surface area contributed by atoms with Crippen LogP contribution >= 0.6 is 11.6 Å². The fraction of sp³-hybridized carbons (Fsp3) is 0.179. The Morgan fingerprint density at radius 2 is 1.63 bits per heavy atom. The van der Waals surface area contributed by atoms with Gasteiger partial charge in [0.25, 0.3) is 10.0 Å². The minimum Gasteiger partial charge on any atom is -0.352 e. The van der Waals surface area contributed by atoms with E-state index in [0.717, 1.165) is 0 Å². The number of carbonyl (C=O) groups excluding carboxylic acids is 2. The maximum atomic E-state index is 14.2. The zero-order valence-corrected chi connectivity index (χ0v) is 24.0. The summed E-state index contributed by atoms with van der Waals surface area (Å²) in [5.41, 5.74) is 1.36. The van der Waals surface area contributed by atoms with Crippen molar-refractivity contribution in [1.82, 2.24) is 19.9 Å². The van der Waals surface area contributed by atoms with Crippen LogP contribution < -0.4 is 9.62 Å². The van der Waals surface area contributed by atoms with Crippen molar-refractivity contribution < 1.29 is 31.2 Å². The molecule has 0 saturated carbocycles. The summed E-state index contributed by atoms with van der Waals surface area (Å²) in [6.45, 7) is 3.13. The highest BCUT2D eigenvalue weighted by Gasteiger charge is 2.27. The van der Waals surface area contributed by atoms with E-state index in [1.54, 1.807) is 23.1 Å². The van der Waals surface area contributed by atoms with Crippen LogP contribution in [-0.4, -0.2) is 66.1 Å². The zero-order valence-electron chi connectivity index (χ0n) is 22.4. The van der Waals surface area contributed by atoms with Crippen molar-refractivity contribution in [3.63, 3.8) is 0 Å². The summed E-state index contributed by atoms with van der Waals surface area (Å²) in [6.07, 6.45) is 5.30. The molecule has 1 amide bonds. The van der Waals surface area contributed by atoms with Gasteiger partial charge in [-0.2, -0.15) is 0 Å². The number of benzene rings is 2. The molecule has 0 unspecified atom stereocenters. The number of rotatable bonds is 7. The molecule has 2 aromatic heterocycles. The van der Waals surface area contributed by atoms with Crippen molar-refractivity contribution in [3.05, 3.63) is 83.7 Å². The molecule has 222 valence electrons. The molecule has 1 saturated heterocycles. The Balaban J connectivity index is 1.43. The molecule has 0 atom stereocenters. The van der Waals surface area contributed by atoms with Gasteiger partial charge in [0.2, 0.25) is 5.91 Å². The topological polar surface area (TPSA) is 125 Å². The Labute approximate surface area is 248 Å². The first-order valence-electron chi connectivity index (χ1n) is 12.7. The summed E-state index contributed by atoms with van der Waals surface area (Å²) < 4.78 is 69.4. The van der Waals surface area contributed by atoms with Crippen LogP contribution in [0.5, 0.6) is 0 Å². The predicted octanol–water partition coefficient (Wildman–Crippen LogP) is 4.36. The number of hydrogen-bond acceptors (Lipinski definition) is 8. The normalized spacial score (nSPS) is 14.0. The average molecular weight is 631 g/mol. The van der Waals surface area contributed by atoms with E-state index < -0.39 is 32.4 Å². The highest BCUT2D eigenvalue weighted by atomic mass is 35.5. The molecule has 1 aliphatic heterocycles. The highest BCUT2D eigenvalue weighted by molar-refractivity contribution is 7.92. The van der Waals surface area contributed by atoms with Crippen molar-refractivity contribution in [2.24, 2.45) is 0 Å². The number of sulfonamides is 1. The van der Waals surface area contributed by atoms with E-state index in [-0.39, 0.29) is 34.7 Å². The molecule has 0 radical (unpaired) electrons. The second kappa shape index (κ2) is 12.0. The molecule has 0 bridgehead atoms. The molecule has 1 N–H and O–H groups in total. The number of allylic oxidation sites excluding steroid dienone is 1. The number of fused-ring (bicyclic) bond motifs is 1. The summed E-state index contributed by atoms with van der Waals surface area (Å²) in [7, 11) is -4.85. The lowest BCUT2D eigenvalue weighted by atomic mass is 10.0. The van der Waals surface area contributed by atoms with Crippen molar-refractivity contribution in [3.8, 4) is 11.1 Å². The van der Waals surface area contributed by atoms with Crippen LogP contribution in [-0.2, 0) is 19.6 Å². The highest BCUT2D eigenvalue weighted by Crippen LogP contribution is 2.33. The van der Waals surface area contributed by atoms with Crippen LogP contribution in [0.4, 0.5) is 24.7 Å². The minimum atomic E-state index is -4.85. The molecule has 1 aliphatic rings. The van der Waals surface area contributed by atoms with E-state index >= 15 is 0 Å². The lowest BCUT2D eigenvalue weighted by molar-refractivity contribution is -0.126.